The Kier molecular flexibility index (Phi) is 7.14. The van der Waals surface area contributed by atoms with E-state index in [0.29, 0.717) is 28.8 Å². The summed E-state index contributed by atoms with van der Waals surface area (Å²) in [7, 11) is 3.13. The van der Waals surface area contributed by atoms with Gasteiger partial charge < -0.3 is 19.5 Å². The standard InChI is InChI=1S/C22H27NO5S/c1-4-14-6-8-19-16(9-14)11-20(29-19)22(25)28-13-21(24)23-12-15-5-7-17(26-2)18(10-15)27-3/h5,7,10-11,14H,4,6,8-9,12-13H2,1-3H3,(H,23,24)/t14-/m0/s1. The van der Waals surface area contributed by atoms with Crippen LogP contribution in [0.25, 0.3) is 0 Å². The van der Waals surface area contributed by atoms with Crippen molar-refractivity contribution in [2.45, 2.75) is 39.2 Å². The predicted molar refractivity (Wildman–Crippen MR) is 112 cm³/mol. The zero-order chi connectivity index (χ0) is 20.8. The third kappa shape index (κ3) is 5.29. The van der Waals surface area contributed by atoms with Crippen LogP contribution in [-0.4, -0.2) is 32.7 Å². The van der Waals surface area contributed by atoms with E-state index in [1.807, 2.05) is 12.1 Å². The van der Waals surface area contributed by atoms with Gasteiger partial charge in [-0.1, -0.05) is 19.4 Å². The van der Waals surface area contributed by atoms with Crippen molar-refractivity contribution < 1.29 is 23.8 Å². The maximum Gasteiger partial charge on any atom is 0.348 e. The molecule has 3 rings (SSSR count). The fourth-order valence-electron chi connectivity index (χ4n) is 3.49. The molecule has 0 unspecified atom stereocenters. The Hall–Kier alpha value is -2.54. The molecule has 156 valence electrons. The number of amides is 1. The first kappa shape index (κ1) is 21.2. The third-order valence-electron chi connectivity index (χ3n) is 5.24. The average molecular weight is 418 g/mol. The van der Waals surface area contributed by atoms with E-state index >= 15 is 0 Å². The van der Waals surface area contributed by atoms with Gasteiger partial charge in [0, 0.05) is 11.4 Å². The number of carbonyl (C=O) groups excluding carboxylic acids is 2. The molecule has 29 heavy (non-hydrogen) atoms. The molecule has 1 heterocycles. The second-order valence-electron chi connectivity index (χ2n) is 7.12. The van der Waals surface area contributed by atoms with Crippen LogP contribution in [0.5, 0.6) is 11.5 Å². The number of carbonyl (C=O) groups is 2. The highest BCUT2D eigenvalue weighted by Crippen LogP contribution is 2.33. The van der Waals surface area contributed by atoms with Gasteiger partial charge >= 0.3 is 5.97 Å². The van der Waals surface area contributed by atoms with E-state index in [0.717, 1.165) is 24.8 Å². The Labute approximate surface area is 175 Å². The van der Waals surface area contributed by atoms with Gasteiger partial charge in [-0.3, -0.25) is 4.79 Å². The minimum absolute atomic E-state index is 0.299. The molecule has 0 bridgehead atoms. The number of rotatable bonds is 8. The van der Waals surface area contributed by atoms with E-state index in [-0.39, 0.29) is 12.5 Å². The minimum Gasteiger partial charge on any atom is -0.493 e. The van der Waals surface area contributed by atoms with Crippen LogP contribution in [0, 0.1) is 5.92 Å². The summed E-state index contributed by atoms with van der Waals surface area (Å²) >= 11 is 1.49. The molecule has 1 atom stereocenters. The number of benzene rings is 1. The summed E-state index contributed by atoms with van der Waals surface area (Å²) in [6.45, 7) is 2.21. The van der Waals surface area contributed by atoms with Crippen molar-refractivity contribution in [3.05, 3.63) is 45.1 Å². The first-order valence-electron chi connectivity index (χ1n) is 9.80. The van der Waals surface area contributed by atoms with Crippen molar-refractivity contribution in [2.75, 3.05) is 20.8 Å². The predicted octanol–water partition coefficient (Wildman–Crippen LogP) is 3.75. The average Bonchev–Trinajstić information content (AvgIpc) is 3.19. The summed E-state index contributed by atoms with van der Waals surface area (Å²) in [4.78, 5) is 26.2. The van der Waals surface area contributed by atoms with Gasteiger partial charge in [0.1, 0.15) is 4.88 Å². The number of esters is 1. The first-order valence-corrected chi connectivity index (χ1v) is 10.6. The maximum absolute atomic E-state index is 12.3. The Morgan fingerprint density at radius 3 is 2.69 bits per heavy atom. The molecule has 0 saturated heterocycles. The highest BCUT2D eigenvalue weighted by molar-refractivity contribution is 7.14. The molecule has 1 amide bonds. The highest BCUT2D eigenvalue weighted by Gasteiger charge is 2.23. The highest BCUT2D eigenvalue weighted by atomic mass is 32.1. The SMILES string of the molecule is CC[C@H]1CCc2sc(C(=O)OCC(=O)NCc3ccc(OC)c(OC)c3)cc2C1. The summed E-state index contributed by atoms with van der Waals surface area (Å²) in [6.07, 6.45) is 4.39. The van der Waals surface area contributed by atoms with Gasteiger partial charge in [-0.2, -0.15) is 0 Å². The van der Waals surface area contributed by atoms with Gasteiger partial charge in [-0.25, -0.2) is 4.79 Å². The van der Waals surface area contributed by atoms with Crippen LogP contribution in [0.1, 0.15) is 45.4 Å². The molecule has 7 heteroatoms. The number of aryl methyl sites for hydroxylation is 1. The van der Waals surface area contributed by atoms with Crippen molar-refractivity contribution in [2.24, 2.45) is 5.92 Å². The molecule has 1 aromatic heterocycles. The topological polar surface area (TPSA) is 73.9 Å². The van der Waals surface area contributed by atoms with Crippen LogP contribution < -0.4 is 14.8 Å². The van der Waals surface area contributed by atoms with E-state index in [1.165, 1.54) is 28.2 Å². The molecule has 1 aromatic carbocycles. The lowest BCUT2D eigenvalue weighted by Crippen LogP contribution is -2.28. The molecule has 1 aliphatic carbocycles. The summed E-state index contributed by atoms with van der Waals surface area (Å²) in [5.41, 5.74) is 2.12. The Balaban J connectivity index is 1.48. The lowest BCUT2D eigenvalue weighted by Gasteiger charge is -2.19. The molecule has 0 aliphatic heterocycles. The molecule has 1 aliphatic rings. The number of ether oxygens (including phenoxy) is 3. The second kappa shape index (κ2) is 9.78. The molecule has 0 saturated carbocycles. The quantitative estimate of drug-likeness (QED) is 0.662. The van der Waals surface area contributed by atoms with Gasteiger partial charge in [0.25, 0.3) is 5.91 Å². The lowest BCUT2D eigenvalue weighted by molar-refractivity contribution is -0.124. The maximum atomic E-state index is 12.3. The summed E-state index contributed by atoms with van der Waals surface area (Å²) in [5.74, 6) is 1.14. The van der Waals surface area contributed by atoms with Gasteiger partial charge in [-0.05, 0) is 54.5 Å². The van der Waals surface area contributed by atoms with Crippen molar-refractivity contribution in [1.82, 2.24) is 5.32 Å². The number of fused-ring (bicyclic) bond motifs is 1. The van der Waals surface area contributed by atoms with Crippen LogP contribution >= 0.6 is 11.3 Å². The Morgan fingerprint density at radius 1 is 1.17 bits per heavy atom. The van der Waals surface area contributed by atoms with Crippen molar-refractivity contribution in [1.29, 1.82) is 0 Å². The van der Waals surface area contributed by atoms with Gasteiger partial charge in [0.15, 0.2) is 18.1 Å². The first-order chi connectivity index (χ1) is 14.0. The number of hydrogen-bond acceptors (Lipinski definition) is 6. The Morgan fingerprint density at radius 2 is 1.97 bits per heavy atom. The Bertz CT molecular complexity index is 876. The van der Waals surface area contributed by atoms with E-state index in [1.54, 1.807) is 26.4 Å². The second-order valence-corrected chi connectivity index (χ2v) is 8.26. The normalized spacial score (nSPS) is 15.3. The summed E-state index contributed by atoms with van der Waals surface area (Å²) < 4.78 is 15.7. The molecule has 1 N–H and O–H groups in total. The minimum atomic E-state index is -0.432. The van der Waals surface area contributed by atoms with Gasteiger partial charge in [-0.15, -0.1) is 11.3 Å². The van der Waals surface area contributed by atoms with Crippen LogP contribution in [0.2, 0.25) is 0 Å². The van der Waals surface area contributed by atoms with E-state index in [2.05, 4.69) is 12.2 Å². The smallest absolute Gasteiger partial charge is 0.348 e. The zero-order valence-electron chi connectivity index (χ0n) is 17.1. The fraction of sp³-hybridized carbons (Fsp3) is 0.455. The van der Waals surface area contributed by atoms with E-state index < -0.39 is 5.97 Å². The number of hydrogen-bond donors (Lipinski definition) is 1. The van der Waals surface area contributed by atoms with Crippen molar-refractivity contribution in [3.8, 4) is 11.5 Å². The molecular formula is C22H27NO5S. The number of nitrogens with one attached hydrogen (secondary N) is 1. The van der Waals surface area contributed by atoms with Crippen LogP contribution in [0.15, 0.2) is 24.3 Å². The van der Waals surface area contributed by atoms with Crippen LogP contribution in [-0.2, 0) is 28.9 Å². The molecular weight excluding hydrogens is 390 g/mol. The molecule has 2 aromatic rings. The summed E-state index contributed by atoms with van der Waals surface area (Å²) in [5, 5.41) is 2.75. The monoisotopic (exact) mass is 417 g/mol. The fourth-order valence-corrected chi connectivity index (χ4v) is 4.59. The summed E-state index contributed by atoms with van der Waals surface area (Å²) in [6, 6.07) is 7.35. The van der Waals surface area contributed by atoms with E-state index in [9.17, 15) is 9.59 Å². The van der Waals surface area contributed by atoms with Crippen molar-refractivity contribution in [3.63, 3.8) is 0 Å². The number of thiophene rings is 1. The molecule has 0 fully saturated rings. The van der Waals surface area contributed by atoms with E-state index in [4.69, 9.17) is 14.2 Å². The van der Waals surface area contributed by atoms with Crippen molar-refractivity contribution >= 4 is 23.2 Å². The number of methoxy groups -OCH3 is 2. The van der Waals surface area contributed by atoms with Crippen LogP contribution in [0.4, 0.5) is 0 Å². The third-order valence-corrected chi connectivity index (χ3v) is 6.45. The van der Waals surface area contributed by atoms with Gasteiger partial charge in [0.05, 0.1) is 14.2 Å². The zero-order valence-corrected chi connectivity index (χ0v) is 17.9. The van der Waals surface area contributed by atoms with Crippen LogP contribution in [0.3, 0.4) is 0 Å². The molecule has 6 nitrogen and oxygen atoms in total. The van der Waals surface area contributed by atoms with Gasteiger partial charge in [0.2, 0.25) is 0 Å². The molecule has 0 radical (unpaired) electrons. The largest absolute Gasteiger partial charge is 0.493 e. The lowest BCUT2D eigenvalue weighted by atomic mass is 9.87. The molecule has 0 spiro atoms.